The molecular formula is C17H21NO4. The number of aliphatic carboxylic acids is 1. The zero-order valence-electron chi connectivity index (χ0n) is 12.5. The maximum atomic E-state index is 12.7. The van der Waals surface area contributed by atoms with Crippen LogP contribution in [-0.4, -0.2) is 29.1 Å². The molecule has 1 heterocycles. The number of fused-ring (bicyclic) bond motifs is 1. The van der Waals surface area contributed by atoms with Crippen molar-refractivity contribution in [3.63, 3.8) is 0 Å². The van der Waals surface area contributed by atoms with Gasteiger partial charge in [-0.3, -0.25) is 4.79 Å². The second-order valence-electron chi connectivity index (χ2n) is 6.16. The molecule has 3 rings (SSSR count). The number of nitrogens with one attached hydrogen (secondary N) is 1. The maximum absolute atomic E-state index is 12.7. The summed E-state index contributed by atoms with van der Waals surface area (Å²) < 4.78 is 5.57. The highest BCUT2D eigenvalue weighted by atomic mass is 16.5. The van der Waals surface area contributed by atoms with Crippen molar-refractivity contribution in [3.05, 3.63) is 29.8 Å². The minimum absolute atomic E-state index is 0.194. The van der Waals surface area contributed by atoms with E-state index in [1.807, 2.05) is 24.3 Å². The largest absolute Gasteiger partial charge is 0.493 e. The Morgan fingerprint density at radius 1 is 1.18 bits per heavy atom. The fourth-order valence-electron chi connectivity index (χ4n) is 3.49. The van der Waals surface area contributed by atoms with Gasteiger partial charge in [0, 0.05) is 5.56 Å². The van der Waals surface area contributed by atoms with E-state index in [9.17, 15) is 14.7 Å². The van der Waals surface area contributed by atoms with E-state index in [1.165, 1.54) is 0 Å². The van der Waals surface area contributed by atoms with Crippen molar-refractivity contribution in [2.45, 2.75) is 50.0 Å². The standard InChI is InChI=1S/C17H21NO4/c19-15(18-17(16(20)21)9-4-1-5-10-17)13-8-11-22-14-7-3-2-6-12(13)14/h2-3,6-7,13H,1,4-5,8-11H2,(H,18,19)(H,20,21). The smallest absolute Gasteiger partial charge is 0.329 e. The molecule has 1 atom stereocenters. The van der Waals surface area contributed by atoms with Crippen LogP contribution in [0.25, 0.3) is 0 Å². The van der Waals surface area contributed by atoms with E-state index in [0.29, 0.717) is 25.9 Å². The average Bonchev–Trinajstić information content (AvgIpc) is 2.55. The molecule has 1 aromatic rings. The molecule has 5 heteroatoms. The van der Waals surface area contributed by atoms with Crippen molar-refractivity contribution in [2.75, 3.05) is 6.61 Å². The predicted octanol–water partition coefficient (Wildman–Crippen LogP) is 2.46. The first-order valence-electron chi connectivity index (χ1n) is 7.89. The van der Waals surface area contributed by atoms with Crippen molar-refractivity contribution in [2.24, 2.45) is 0 Å². The Bertz CT molecular complexity index is 578. The predicted molar refractivity (Wildman–Crippen MR) is 80.9 cm³/mol. The van der Waals surface area contributed by atoms with Crippen molar-refractivity contribution in [1.82, 2.24) is 5.32 Å². The van der Waals surface area contributed by atoms with Gasteiger partial charge in [0.05, 0.1) is 12.5 Å². The van der Waals surface area contributed by atoms with Gasteiger partial charge in [-0.1, -0.05) is 37.5 Å². The maximum Gasteiger partial charge on any atom is 0.329 e. The first-order chi connectivity index (χ1) is 10.6. The molecule has 0 radical (unpaired) electrons. The number of para-hydroxylation sites is 1. The van der Waals surface area contributed by atoms with Gasteiger partial charge in [-0.25, -0.2) is 4.79 Å². The highest BCUT2D eigenvalue weighted by Crippen LogP contribution is 2.35. The molecule has 1 unspecified atom stereocenters. The Morgan fingerprint density at radius 2 is 1.91 bits per heavy atom. The van der Waals surface area contributed by atoms with Crippen LogP contribution in [0.5, 0.6) is 5.75 Å². The Hall–Kier alpha value is -2.04. The molecule has 1 saturated carbocycles. The molecule has 22 heavy (non-hydrogen) atoms. The first-order valence-corrected chi connectivity index (χ1v) is 7.89. The van der Waals surface area contributed by atoms with Crippen molar-refractivity contribution in [3.8, 4) is 5.75 Å². The second kappa shape index (κ2) is 5.99. The summed E-state index contributed by atoms with van der Waals surface area (Å²) in [7, 11) is 0. The van der Waals surface area contributed by atoms with E-state index in [0.717, 1.165) is 30.6 Å². The number of rotatable bonds is 3. The molecule has 1 amide bonds. The zero-order chi connectivity index (χ0) is 15.6. The van der Waals surface area contributed by atoms with Crippen LogP contribution < -0.4 is 10.1 Å². The molecule has 1 aliphatic heterocycles. The van der Waals surface area contributed by atoms with Crippen LogP contribution in [-0.2, 0) is 9.59 Å². The van der Waals surface area contributed by atoms with Gasteiger partial charge < -0.3 is 15.2 Å². The van der Waals surface area contributed by atoms with Gasteiger partial charge in [-0.15, -0.1) is 0 Å². The summed E-state index contributed by atoms with van der Waals surface area (Å²) in [6.45, 7) is 0.481. The SMILES string of the molecule is O=C(NC1(C(=O)O)CCCCC1)C1CCOc2ccccc21. The number of hydrogen-bond donors (Lipinski definition) is 2. The van der Waals surface area contributed by atoms with Crippen LogP contribution in [0.3, 0.4) is 0 Å². The number of carboxylic acid groups (broad SMARTS) is 1. The Kier molecular flexibility index (Phi) is 4.05. The lowest BCUT2D eigenvalue weighted by Crippen LogP contribution is -2.56. The zero-order valence-corrected chi connectivity index (χ0v) is 12.5. The van der Waals surface area contributed by atoms with Crippen molar-refractivity contribution < 1.29 is 19.4 Å². The summed E-state index contributed by atoms with van der Waals surface area (Å²) in [5, 5.41) is 12.4. The second-order valence-corrected chi connectivity index (χ2v) is 6.16. The van der Waals surface area contributed by atoms with E-state index in [1.54, 1.807) is 0 Å². The lowest BCUT2D eigenvalue weighted by Gasteiger charge is -2.36. The molecule has 2 N–H and O–H groups in total. The topological polar surface area (TPSA) is 75.6 Å². The molecule has 5 nitrogen and oxygen atoms in total. The van der Waals surface area contributed by atoms with Gasteiger partial charge in [-0.05, 0) is 25.3 Å². The van der Waals surface area contributed by atoms with E-state index in [4.69, 9.17) is 4.74 Å². The Balaban J connectivity index is 1.81. The third-order valence-electron chi connectivity index (χ3n) is 4.75. The van der Waals surface area contributed by atoms with E-state index in [2.05, 4.69) is 5.32 Å². The van der Waals surface area contributed by atoms with Crippen LogP contribution in [0.15, 0.2) is 24.3 Å². The molecule has 0 spiro atoms. The quantitative estimate of drug-likeness (QED) is 0.899. The molecule has 0 aromatic heterocycles. The van der Waals surface area contributed by atoms with E-state index < -0.39 is 11.5 Å². The summed E-state index contributed by atoms with van der Waals surface area (Å²) in [5.41, 5.74) is -0.245. The Labute approximate surface area is 129 Å². The van der Waals surface area contributed by atoms with Crippen molar-refractivity contribution >= 4 is 11.9 Å². The highest BCUT2D eigenvalue weighted by molar-refractivity contribution is 5.91. The molecule has 2 aliphatic rings. The van der Waals surface area contributed by atoms with Gasteiger partial charge in [0.1, 0.15) is 11.3 Å². The third-order valence-corrected chi connectivity index (χ3v) is 4.75. The summed E-state index contributed by atoms with van der Waals surface area (Å²) >= 11 is 0. The highest BCUT2D eigenvalue weighted by Gasteiger charge is 2.42. The fraction of sp³-hybridized carbons (Fsp3) is 0.529. The molecule has 1 aromatic carbocycles. The summed E-state index contributed by atoms with van der Waals surface area (Å²) in [6, 6.07) is 7.48. The number of hydrogen-bond acceptors (Lipinski definition) is 3. The average molecular weight is 303 g/mol. The number of ether oxygens (including phenoxy) is 1. The van der Waals surface area contributed by atoms with Crippen LogP contribution >= 0.6 is 0 Å². The molecular weight excluding hydrogens is 282 g/mol. The van der Waals surface area contributed by atoms with E-state index in [-0.39, 0.29) is 11.8 Å². The minimum atomic E-state index is -1.09. The van der Waals surface area contributed by atoms with Gasteiger partial charge in [0.2, 0.25) is 5.91 Å². The molecule has 1 fully saturated rings. The summed E-state index contributed by atoms with van der Waals surface area (Å²) in [4.78, 5) is 24.4. The van der Waals surface area contributed by atoms with Gasteiger partial charge in [0.15, 0.2) is 0 Å². The summed E-state index contributed by atoms with van der Waals surface area (Å²) in [5.74, 6) is -0.717. The number of amides is 1. The number of benzene rings is 1. The van der Waals surface area contributed by atoms with Gasteiger partial charge in [-0.2, -0.15) is 0 Å². The first kappa shape index (κ1) is 14.9. The van der Waals surface area contributed by atoms with Crippen LogP contribution in [0.2, 0.25) is 0 Å². The minimum Gasteiger partial charge on any atom is -0.493 e. The van der Waals surface area contributed by atoms with Gasteiger partial charge in [0.25, 0.3) is 0 Å². The number of carbonyl (C=O) groups excluding carboxylic acids is 1. The fourth-order valence-corrected chi connectivity index (χ4v) is 3.49. The lowest BCUT2D eigenvalue weighted by atomic mass is 9.80. The molecule has 118 valence electrons. The number of carbonyl (C=O) groups is 2. The van der Waals surface area contributed by atoms with Crippen LogP contribution in [0.4, 0.5) is 0 Å². The molecule has 0 saturated heterocycles. The molecule has 0 bridgehead atoms. The van der Waals surface area contributed by atoms with Crippen LogP contribution in [0, 0.1) is 0 Å². The van der Waals surface area contributed by atoms with E-state index >= 15 is 0 Å². The molecule has 1 aliphatic carbocycles. The Morgan fingerprint density at radius 3 is 2.64 bits per heavy atom. The number of carboxylic acids is 1. The van der Waals surface area contributed by atoms with Gasteiger partial charge >= 0.3 is 5.97 Å². The van der Waals surface area contributed by atoms with Crippen molar-refractivity contribution in [1.29, 1.82) is 0 Å². The monoisotopic (exact) mass is 303 g/mol. The summed E-state index contributed by atoms with van der Waals surface area (Å²) in [6.07, 6.45) is 4.33. The lowest BCUT2D eigenvalue weighted by molar-refractivity contribution is -0.149. The third kappa shape index (κ3) is 2.67. The van der Waals surface area contributed by atoms with Crippen LogP contribution in [0.1, 0.15) is 50.0 Å². The normalized spacial score (nSPS) is 23.0.